The molecule has 0 unspecified atom stereocenters. The van der Waals surface area contributed by atoms with E-state index in [0.717, 1.165) is 15.6 Å². The van der Waals surface area contributed by atoms with Gasteiger partial charge in [-0.25, -0.2) is 8.42 Å². The molecule has 162 valence electrons. The Balaban J connectivity index is 1.60. The van der Waals surface area contributed by atoms with Crippen LogP contribution < -0.4 is 14.8 Å². The second-order valence-electron chi connectivity index (χ2n) is 7.30. The van der Waals surface area contributed by atoms with Gasteiger partial charge in [-0.3, -0.25) is 4.79 Å². The van der Waals surface area contributed by atoms with Gasteiger partial charge >= 0.3 is 0 Å². The Morgan fingerprint density at radius 2 is 1.73 bits per heavy atom. The minimum absolute atomic E-state index is 0.131. The molecule has 1 heterocycles. The van der Waals surface area contributed by atoms with E-state index in [1.165, 1.54) is 4.31 Å². The fraction of sp³-hybridized carbons (Fsp3) is 0.381. The zero-order valence-electron chi connectivity index (χ0n) is 17.1. The van der Waals surface area contributed by atoms with E-state index in [4.69, 9.17) is 9.47 Å². The first kappa shape index (κ1) is 22.6. The van der Waals surface area contributed by atoms with Crippen LogP contribution in [0, 0.1) is 0 Å². The zero-order valence-corrected chi connectivity index (χ0v) is 19.5. The van der Waals surface area contributed by atoms with E-state index in [-0.39, 0.29) is 23.3 Å². The van der Waals surface area contributed by atoms with Crippen LogP contribution in [0.5, 0.6) is 11.5 Å². The Kier molecular flexibility index (Phi) is 7.05. The first-order valence-corrected chi connectivity index (χ1v) is 11.8. The number of nitrogens with one attached hydrogen (secondary N) is 1. The van der Waals surface area contributed by atoms with Crippen molar-refractivity contribution in [2.45, 2.75) is 37.8 Å². The molecule has 1 amide bonds. The molecular formula is C21H25BrN2O5S. The predicted molar refractivity (Wildman–Crippen MR) is 117 cm³/mol. The Morgan fingerprint density at radius 3 is 2.33 bits per heavy atom. The Bertz CT molecular complexity index is 1020. The van der Waals surface area contributed by atoms with Gasteiger partial charge in [0.05, 0.1) is 11.3 Å². The molecule has 0 saturated carbocycles. The lowest BCUT2D eigenvalue weighted by molar-refractivity contribution is -0.120. The Labute approximate surface area is 185 Å². The molecule has 0 spiro atoms. The molecule has 0 aromatic heterocycles. The van der Waals surface area contributed by atoms with Crippen LogP contribution in [-0.4, -0.2) is 44.9 Å². The van der Waals surface area contributed by atoms with Crippen molar-refractivity contribution >= 4 is 31.9 Å². The number of hydrogen-bond acceptors (Lipinski definition) is 5. The number of rotatable bonds is 7. The first-order chi connectivity index (χ1) is 14.2. The minimum atomic E-state index is -3.52. The van der Waals surface area contributed by atoms with E-state index >= 15 is 0 Å². The standard InChI is InChI=1S/C21H25BrN2O5S/c1-14(2)24(3)30(26,27)17-6-4-15(5-7-17)13-23-21(25)11-16-10-19-20(12-18(16)22)29-9-8-28-19/h4-7,10,12,14H,8-9,11,13H2,1-3H3,(H,23,25). The summed E-state index contributed by atoms with van der Waals surface area (Å²) in [6.07, 6.45) is 0.183. The number of halogens is 1. The van der Waals surface area contributed by atoms with Gasteiger partial charge < -0.3 is 14.8 Å². The highest BCUT2D eigenvalue weighted by atomic mass is 79.9. The Morgan fingerprint density at radius 1 is 1.13 bits per heavy atom. The number of sulfonamides is 1. The third kappa shape index (κ3) is 5.14. The van der Waals surface area contributed by atoms with Crippen molar-refractivity contribution in [3.05, 3.63) is 52.0 Å². The van der Waals surface area contributed by atoms with Crippen molar-refractivity contribution < 1.29 is 22.7 Å². The van der Waals surface area contributed by atoms with Gasteiger partial charge in [0.2, 0.25) is 15.9 Å². The summed E-state index contributed by atoms with van der Waals surface area (Å²) in [7, 11) is -1.96. The highest BCUT2D eigenvalue weighted by Crippen LogP contribution is 2.35. The van der Waals surface area contributed by atoms with Crippen molar-refractivity contribution in [2.75, 3.05) is 20.3 Å². The molecule has 1 aliphatic heterocycles. The minimum Gasteiger partial charge on any atom is -0.486 e. The van der Waals surface area contributed by atoms with Crippen LogP contribution in [0.4, 0.5) is 0 Å². The number of hydrogen-bond donors (Lipinski definition) is 1. The highest BCUT2D eigenvalue weighted by Gasteiger charge is 2.23. The molecule has 7 nitrogen and oxygen atoms in total. The van der Waals surface area contributed by atoms with E-state index in [2.05, 4.69) is 21.2 Å². The lowest BCUT2D eigenvalue weighted by atomic mass is 10.1. The lowest BCUT2D eigenvalue weighted by Gasteiger charge is -2.21. The van der Waals surface area contributed by atoms with Crippen molar-refractivity contribution in [2.24, 2.45) is 0 Å². The molecule has 3 rings (SSSR count). The molecule has 0 atom stereocenters. The van der Waals surface area contributed by atoms with Gasteiger partial charge in [-0.2, -0.15) is 4.31 Å². The maximum absolute atomic E-state index is 12.5. The summed E-state index contributed by atoms with van der Waals surface area (Å²) in [6.45, 7) is 4.94. The fourth-order valence-electron chi connectivity index (χ4n) is 2.90. The second-order valence-corrected chi connectivity index (χ2v) is 10.2. The molecule has 0 aliphatic carbocycles. The number of ether oxygens (including phenoxy) is 2. The largest absolute Gasteiger partial charge is 0.486 e. The van der Waals surface area contributed by atoms with Crippen LogP contribution in [0.25, 0.3) is 0 Å². The molecule has 0 saturated heterocycles. The fourth-order valence-corrected chi connectivity index (χ4v) is 4.73. The molecule has 0 bridgehead atoms. The van der Waals surface area contributed by atoms with E-state index < -0.39 is 10.0 Å². The maximum atomic E-state index is 12.5. The molecule has 2 aromatic rings. The molecular weight excluding hydrogens is 472 g/mol. The van der Waals surface area contributed by atoms with Crippen molar-refractivity contribution in [1.82, 2.24) is 9.62 Å². The van der Waals surface area contributed by atoms with Gasteiger partial charge in [0.15, 0.2) is 11.5 Å². The topological polar surface area (TPSA) is 84.9 Å². The monoisotopic (exact) mass is 496 g/mol. The number of carbonyl (C=O) groups is 1. The number of nitrogens with zero attached hydrogens (tertiary/aromatic N) is 1. The van der Waals surface area contributed by atoms with Gasteiger partial charge in [-0.15, -0.1) is 0 Å². The molecule has 9 heteroatoms. The summed E-state index contributed by atoms with van der Waals surface area (Å²) in [5.41, 5.74) is 1.62. The van der Waals surface area contributed by atoms with Crippen LogP contribution in [0.1, 0.15) is 25.0 Å². The smallest absolute Gasteiger partial charge is 0.243 e. The summed E-state index contributed by atoms with van der Waals surface area (Å²) >= 11 is 3.47. The molecule has 0 radical (unpaired) electrons. The van der Waals surface area contributed by atoms with E-state index in [0.29, 0.717) is 31.3 Å². The number of amides is 1. The van der Waals surface area contributed by atoms with Gasteiger partial charge in [-0.1, -0.05) is 28.1 Å². The molecule has 1 aliphatic rings. The number of fused-ring (bicyclic) bond motifs is 1. The number of carbonyl (C=O) groups excluding carboxylic acids is 1. The van der Waals surface area contributed by atoms with Crippen LogP contribution in [0.3, 0.4) is 0 Å². The summed E-state index contributed by atoms with van der Waals surface area (Å²) in [6, 6.07) is 10.0. The normalized spacial score (nSPS) is 13.5. The summed E-state index contributed by atoms with van der Waals surface area (Å²) in [4.78, 5) is 12.6. The lowest BCUT2D eigenvalue weighted by Crippen LogP contribution is -2.33. The van der Waals surface area contributed by atoms with Crippen LogP contribution >= 0.6 is 15.9 Å². The predicted octanol–water partition coefficient (Wildman–Crippen LogP) is 3.11. The van der Waals surface area contributed by atoms with E-state index in [9.17, 15) is 13.2 Å². The molecule has 30 heavy (non-hydrogen) atoms. The Hall–Kier alpha value is -2.10. The highest BCUT2D eigenvalue weighted by molar-refractivity contribution is 9.10. The van der Waals surface area contributed by atoms with Crippen LogP contribution in [0.2, 0.25) is 0 Å². The molecule has 2 aromatic carbocycles. The third-order valence-corrected chi connectivity index (χ3v) is 7.67. The van der Waals surface area contributed by atoms with Gasteiger partial charge in [0, 0.05) is 24.1 Å². The van der Waals surface area contributed by atoms with Gasteiger partial charge in [-0.05, 0) is 49.2 Å². The van der Waals surface area contributed by atoms with E-state index in [1.807, 2.05) is 26.0 Å². The van der Waals surface area contributed by atoms with Gasteiger partial charge in [0.1, 0.15) is 13.2 Å². The average molecular weight is 497 g/mol. The van der Waals surface area contributed by atoms with Crippen molar-refractivity contribution in [3.63, 3.8) is 0 Å². The zero-order chi connectivity index (χ0) is 21.9. The molecule has 1 N–H and O–H groups in total. The summed E-state index contributed by atoms with van der Waals surface area (Å²) in [5, 5.41) is 2.86. The summed E-state index contributed by atoms with van der Waals surface area (Å²) in [5.74, 6) is 1.15. The number of benzene rings is 2. The average Bonchev–Trinajstić information content (AvgIpc) is 2.72. The quantitative estimate of drug-likeness (QED) is 0.636. The van der Waals surface area contributed by atoms with Crippen molar-refractivity contribution in [3.8, 4) is 11.5 Å². The van der Waals surface area contributed by atoms with Crippen LogP contribution in [0.15, 0.2) is 45.8 Å². The second kappa shape index (κ2) is 9.36. The first-order valence-electron chi connectivity index (χ1n) is 9.60. The van der Waals surface area contributed by atoms with E-state index in [1.54, 1.807) is 31.3 Å². The SMILES string of the molecule is CC(C)N(C)S(=O)(=O)c1ccc(CNC(=O)Cc2cc3c(cc2Br)OCCO3)cc1. The maximum Gasteiger partial charge on any atom is 0.243 e. The van der Waals surface area contributed by atoms with Crippen LogP contribution in [-0.2, 0) is 27.8 Å². The van der Waals surface area contributed by atoms with Crippen molar-refractivity contribution in [1.29, 1.82) is 0 Å². The van der Waals surface area contributed by atoms with Gasteiger partial charge in [0.25, 0.3) is 0 Å². The summed E-state index contributed by atoms with van der Waals surface area (Å²) < 4.78 is 38.3. The molecule has 0 fully saturated rings. The third-order valence-electron chi connectivity index (χ3n) is 4.88.